The zero-order chi connectivity index (χ0) is 20.3. The number of nitrogens with zero attached hydrogens (tertiary/aromatic N) is 4. The molecule has 0 saturated carbocycles. The number of carbonyl (C=O) groups is 2. The molecule has 2 aromatic carbocycles. The lowest BCUT2D eigenvalue weighted by Crippen LogP contribution is -2.21. The van der Waals surface area contributed by atoms with Gasteiger partial charge in [-0.1, -0.05) is 16.8 Å². The van der Waals surface area contributed by atoms with Gasteiger partial charge in [0.15, 0.2) is 6.61 Å². The topological polar surface area (TPSA) is 129 Å². The molecule has 144 valence electrons. The number of benzene rings is 2. The fourth-order valence-electron chi connectivity index (χ4n) is 2.50. The van der Waals surface area contributed by atoms with E-state index >= 15 is 0 Å². The lowest BCUT2D eigenvalue weighted by Gasteiger charge is -2.07. The van der Waals surface area contributed by atoms with Gasteiger partial charge in [-0.25, -0.2) is 9.48 Å². The Morgan fingerprint density at radius 3 is 2.79 bits per heavy atom. The van der Waals surface area contributed by atoms with Gasteiger partial charge >= 0.3 is 5.97 Å². The fourth-order valence-corrected chi connectivity index (χ4v) is 2.67. The molecule has 0 aliphatic heterocycles. The summed E-state index contributed by atoms with van der Waals surface area (Å²) in [7, 11) is 0. The average molecular weight is 404 g/mol. The van der Waals surface area contributed by atoms with Crippen molar-refractivity contribution in [3.63, 3.8) is 0 Å². The highest BCUT2D eigenvalue weighted by Gasteiger charge is 2.18. The highest BCUT2D eigenvalue weighted by molar-refractivity contribution is 6.31. The number of nitro benzene ring substituents is 1. The number of nitro groups is 1. The molecule has 0 saturated heterocycles. The minimum atomic E-state index is -0.739. The zero-order valence-corrected chi connectivity index (χ0v) is 15.3. The van der Waals surface area contributed by atoms with Crippen LogP contribution in [0.25, 0.3) is 11.0 Å². The third-order valence-electron chi connectivity index (χ3n) is 3.81. The van der Waals surface area contributed by atoms with Gasteiger partial charge in [0.1, 0.15) is 11.2 Å². The monoisotopic (exact) mass is 403 g/mol. The van der Waals surface area contributed by atoms with E-state index in [2.05, 4.69) is 15.6 Å². The second kappa shape index (κ2) is 8.01. The number of hydrogen-bond donors (Lipinski definition) is 1. The number of esters is 1. The van der Waals surface area contributed by atoms with Gasteiger partial charge in [-0.05, 0) is 37.3 Å². The van der Waals surface area contributed by atoms with Crippen LogP contribution in [0.2, 0.25) is 5.02 Å². The molecule has 3 aromatic rings. The Kier molecular flexibility index (Phi) is 5.50. The summed E-state index contributed by atoms with van der Waals surface area (Å²) in [4.78, 5) is 34.5. The van der Waals surface area contributed by atoms with Crippen LogP contribution in [-0.4, -0.2) is 38.4 Å². The van der Waals surface area contributed by atoms with Crippen LogP contribution >= 0.6 is 11.6 Å². The van der Waals surface area contributed by atoms with E-state index < -0.39 is 23.4 Å². The van der Waals surface area contributed by atoms with Crippen molar-refractivity contribution in [3.8, 4) is 0 Å². The number of fused-ring (bicyclic) bond motifs is 1. The quantitative estimate of drug-likeness (QED) is 0.380. The van der Waals surface area contributed by atoms with Gasteiger partial charge in [0, 0.05) is 17.6 Å². The molecule has 3 rings (SSSR count). The first-order chi connectivity index (χ1) is 13.4. The Morgan fingerprint density at radius 2 is 2.07 bits per heavy atom. The maximum absolute atomic E-state index is 12.2. The minimum Gasteiger partial charge on any atom is -0.452 e. The summed E-state index contributed by atoms with van der Waals surface area (Å²) in [5.74, 6) is -1.47. The molecule has 10 nitrogen and oxygen atoms in total. The van der Waals surface area contributed by atoms with Crippen molar-refractivity contribution < 1.29 is 19.2 Å². The summed E-state index contributed by atoms with van der Waals surface area (Å²) in [5.41, 5.74) is 1.09. The van der Waals surface area contributed by atoms with Crippen molar-refractivity contribution >= 4 is 45.9 Å². The third-order valence-corrected chi connectivity index (χ3v) is 4.05. The Bertz CT molecular complexity index is 1080. The van der Waals surface area contributed by atoms with Crippen molar-refractivity contribution in [2.75, 3.05) is 11.9 Å². The highest BCUT2D eigenvalue weighted by Crippen LogP contribution is 2.27. The van der Waals surface area contributed by atoms with E-state index in [-0.39, 0.29) is 22.0 Å². The third kappa shape index (κ3) is 4.07. The van der Waals surface area contributed by atoms with Gasteiger partial charge in [0.05, 0.1) is 16.0 Å². The van der Waals surface area contributed by atoms with Crippen LogP contribution < -0.4 is 5.32 Å². The second-order valence-corrected chi connectivity index (χ2v) is 6.09. The Morgan fingerprint density at radius 1 is 1.29 bits per heavy atom. The number of ether oxygens (including phenoxy) is 1. The first-order valence-electron chi connectivity index (χ1n) is 8.13. The lowest BCUT2D eigenvalue weighted by atomic mass is 10.2. The molecule has 11 heteroatoms. The lowest BCUT2D eigenvalue weighted by molar-refractivity contribution is -0.383. The number of hydrogen-bond acceptors (Lipinski definition) is 7. The zero-order valence-electron chi connectivity index (χ0n) is 14.6. The van der Waals surface area contributed by atoms with Crippen molar-refractivity contribution in [3.05, 3.63) is 57.1 Å². The molecule has 0 fully saturated rings. The summed E-state index contributed by atoms with van der Waals surface area (Å²) < 4.78 is 6.64. The van der Waals surface area contributed by atoms with E-state index in [1.54, 1.807) is 16.8 Å². The van der Waals surface area contributed by atoms with Crippen LogP contribution in [0.15, 0.2) is 36.4 Å². The van der Waals surface area contributed by atoms with Gasteiger partial charge in [-0.15, -0.1) is 5.10 Å². The molecule has 0 bridgehead atoms. The Hall–Kier alpha value is -3.53. The van der Waals surface area contributed by atoms with Gasteiger partial charge in [-0.3, -0.25) is 14.9 Å². The molecule has 0 radical (unpaired) electrons. The van der Waals surface area contributed by atoms with Crippen molar-refractivity contribution in [2.45, 2.75) is 13.5 Å². The minimum absolute atomic E-state index is 0.0869. The number of nitrogens with one attached hydrogen (secondary N) is 1. The molecular weight excluding hydrogens is 390 g/mol. The van der Waals surface area contributed by atoms with Gasteiger partial charge in [0.25, 0.3) is 11.6 Å². The van der Waals surface area contributed by atoms with Crippen LogP contribution in [-0.2, 0) is 16.1 Å². The van der Waals surface area contributed by atoms with Crippen LogP contribution in [0.1, 0.15) is 17.3 Å². The molecule has 1 aromatic heterocycles. The maximum atomic E-state index is 12.2. The second-order valence-electron chi connectivity index (χ2n) is 5.65. The molecule has 28 heavy (non-hydrogen) atoms. The van der Waals surface area contributed by atoms with E-state index in [1.807, 2.05) is 6.92 Å². The van der Waals surface area contributed by atoms with E-state index in [9.17, 15) is 19.7 Å². The van der Waals surface area contributed by atoms with E-state index in [1.165, 1.54) is 24.3 Å². The van der Waals surface area contributed by atoms with Crippen LogP contribution in [0.4, 0.5) is 11.4 Å². The number of carbonyl (C=O) groups excluding carboxylic acids is 2. The van der Waals surface area contributed by atoms with E-state index in [4.69, 9.17) is 16.3 Å². The molecule has 0 aliphatic carbocycles. The molecule has 0 atom stereocenters. The van der Waals surface area contributed by atoms with Crippen LogP contribution in [0.3, 0.4) is 0 Å². The molecule has 1 heterocycles. The number of halogens is 1. The summed E-state index contributed by atoms with van der Waals surface area (Å²) in [6, 6.07) is 8.48. The molecule has 1 amide bonds. The summed E-state index contributed by atoms with van der Waals surface area (Å²) >= 11 is 5.80. The summed E-state index contributed by atoms with van der Waals surface area (Å²) in [6.07, 6.45) is 0. The van der Waals surface area contributed by atoms with Crippen molar-refractivity contribution in [1.82, 2.24) is 15.0 Å². The fraction of sp³-hybridized carbons (Fsp3) is 0.176. The van der Waals surface area contributed by atoms with Crippen LogP contribution in [0, 0.1) is 10.1 Å². The summed E-state index contributed by atoms with van der Waals surface area (Å²) in [6.45, 7) is 1.93. The maximum Gasteiger partial charge on any atom is 0.338 e. The number of aryl methyl sites for hydroxylation is 1. The predicted molar refractivity (Wildman–Crippen MR) is 100 cm³/mol. The predicted octanol–water partition coefficient (Wildman–Crippen LogP) is 2.81. The number of amides is 1. The van der Waals surface area contributed by atoms with Gasteiger partial charge in [-0.2, -0.15) is 0 Å². The smallest absolute Gasteiger partial charge is 0.338 e. The largest absolute Gasteiger partial charge is 0.452 e. The van der Waals surface area contributed by atoms with Gasteiger partial charge < -0.3 is 10.1 Å². The molecule has 1 N–H and O–H groups in total. The highest BCUT2D eigenvalue weighted by atomic mass is 35.5. The number of aromatic nitrogens is 3. The van der Waals surface area contributed by atoms with Crippen molar-refractivity contribution in [2.24, 2.45) is 0 Å². The molecule has 0 unspecified atom stereocenters. The Labute approximate surface area is 163 Å². The number of anilines is 1. The van der Waals surface area contributed by atoms with Crippen molar-refractivity contribution in [1.29, 1.82) is 0 Å². The van der Waals surface area contributed by atoms with Crippen LogP contribution in [0.5, 0.6) is 0 Å². The van der Waals surface area contributed by atoms with E-state index in [0.717, 1.165) is 5.52 Å². The number of rotatable bonds is 6. The first kappa shape index (κ1) is 19.2. The molecular formula is C17H14ClN5O5. The SMILES string of the molecule is CCn1nnc2cc(C(=O)OCC(=O)Nc3cc(Cl)ccc3[N+](=O)[O-])ccc21. The molecule has 0 spiro atoms. The first-order valence-corrected chi connectivity index (χ1v) is 8.51. The summed E-state index contributed by atoms with van der Waals surface area (Å²) in [5, 5.41) is 21.5. The molecule has 0 aliphatic rings. The van der Waals surface area contributed by atoms with E-state index in [0.29, 0.717) is 12.1 Å². The Balaban J connectivity index is 1.65. The average Bonchev–Trinajstić information content (AvgIpc) is 3.08. The van der Waals surface area contributed by atoms with Gasteiger partial charge in [0.2, 0.25) is 0 Å². The normalized spacial score (nSPS) is 10.6. The standard InChI is InChI=1S/C17H14ClN5O5/c1-2-22-14-5-3-10(7-13(14)20-21-22)17(25)28-9-16(24)19-12-8-11(18)4-6-15(12)23(26)27/h3-8H,2,9H2,1H3,(H,19,24).